The predicted octanol–water partition coefficient (Wildman–Crippen LogP) is 4.47. The Morgan fingerprint density at radius 1 is 0.923 bits per heavy atom. The second-order valence-corrected chi connectivity index (χ2v) is 9.84. The minimum Gasteiger partial charge on any atom is -0.494 e. The van der Waals surface area contributed by atoms with Crippen LogP contribution in [-0.2, 0) is 22.6 Å². The molecule has 3 aromatic carbocycles. The number of carbonyl (C=O) groups excluding carboxylic acids is 2. The molecule has 6 rings (SSSR count). The number of aromatic amines is 1. The molecule has 2 aliphatic rings. The SMILES string of the molecule is CCOc1ccccc1[C@H]1c2[nH]c3ccccc3c2C[C@H]2C(=O)N(Cc3ccc(OC)c(OC)c3)CC(=O)N12. The third kappa shape index (κ3) is 4.16. The Labute approximate surface area is 227 Å². The van der Waals surface area contributed by atoms with Gasteiger partial charge in [-0.3, -0.25) is 9.59 Å². The summed E-state index contributed by atoms with van der Waals surface area (Å²) < 4.78 is 16.8. The lowest BCUT2D eigenvalue weighted by atomic mass is 9.85. The molecular weight excluding hydrogens is 494 g/mol. The minimum absolute atomic E-state index is 0.00740. The Bertz CT molecular complexity index is 1560. The van der Waals surface area contributed by atoms with Gasteiger partial charge in [0, 0.05) is 35.1 Å². The molecule has 8 nitrogen and oxygen atoms in total. The van der Waals surface area contributed by atoms with Crippen LogP contribution in [0.15, 0.2) is 66.7 Å². The summed E-state index contributed by atoms with van der Waals surface area (Å²) in [5.74, 6) is 1.74. The van der Waals surface area contributed by atoms with Crippen molar-refractivity contribution < 1.29 is 23.8 Å². The number of carbonyl (C=O) groups is 2. The van der Waals surface area contributed by atoms with Gasteiger partial charge in [0.25, 0.3) is 0 Å². The van der Waals surface area contributed by atoms with E-state index in [1.807, 2.05) is 67.6 Å². The summed E-state index contributed by atoms with van der Waals surface area (Å²) in [5, 5.41) is 1.07. The van der Waals surface area contributed by atoms with Gasteiger partial charge in [0.2, 0.25) is 11.8 Å². The predicted molar refractivity (Wildman–Crippen MR) is 147 cm³/mol. The molecular formula is C31H31N3O5. The van der Waals surface area contributed by atoms with E-state index in [0.29, 0.717) is 36.8 Å². The van der Waals surface area contributed by atoms with Crippen LogP contribution in [0.25, 0.3) is 10.9 Å². The number of rotatable bonds is 7. The number of amides is 2. The average Bonchev–Trinajstić information content (AvgIpc) is 3.33. The van der Waals surface area contributed by atoms with Crippen LogP contribution in [0.3, 0.4) is 0 Å². The first-order valence-electron chi connectivity index (χ1n) is 13.2. The number of fused-ring (bicyclic) bond motifs is 4. The van der Waals surface area contributed by atoms with Crippen LogP contribution in [0.2, 0.25) is 0 Å². The van der Waals surface area contributed by atoms with Crippen LogP contribution in [-0.4, -0.2) is 60.0 Å². The highest BCUT2D eigenvalue weighted by Crippen LogP contribution is 2.45. The van der Waals surface area contributed by atoms with Crippen molar-refractivity contribution in [3.63, 3.8) is 0 Å². The van der Waals surface area contributed by atoms with Crippen LogP contribution in [0.5, 0.6) is 17.2 Å². The van der Waals surface area contributed by atoms with Gasteiger partial charge in [-0.25, -0.2) is 0 Å². The van der Waals surface area contributed by atoms with Gasteiger partial charge < -0.3 is 29.0 Å². The third-order valence-electron chi connectivity index (χ3n) is 7.68. The second-order valence-electron chi connectivity index (χ2n) is 9.84. The molecule has 39 heavy (non-hydrogen) atoms. The number of H-pyrrole nitrogens is 1. The highest BCUT2D eigenvalue weighted by molar-refractivity contribution is 5.97. The van der Waals surface area contributed by atoms with Crippen molar-refractivity contribution in [2.75, 3.05) is 27.4 Å². The first kappa shape index (κ1) is 24.9. The van der Waals surface area contributed by atoms with Gasteiger partial charge in [-0.1, -0.05) is 42.5 Å². The van der Waals surface area contributed by atoms with Crippen LogP contribution in [0.1, 0.15) is 35.3 Å². The average molecular weight is 526 g/mol. The fourth-order valence-electron chi connectivity index (χ4n) is 5.97. The molecule has 3 heterocycles. The molecule has 2 aliphatic heterocycles. The highest BCUT2D eigenvalue weighted by atomic mass is 16.5. The van der Waals surface area contributed by atoms with Gasteiger partial charge in [-0.05, 0) is 42.3 Å². The number of para-hydroxylation sites is 2. The maximum absolute atomic E-state index is 14.1. The van der Waals surface area contributed by atoms with Crippen LogP contribution in [0, 0.1) is 0 Å². The number of nitrogens with one attached hydrogen (secondary N) is 1. The maximum atomic E-state index is 14.1. The quantitative estimate of drug-likeness (QED) is 0.385. The van der Waals surface area contributed by atoms with Crippen molar-refractivity contribution in [1.29, 1.82) is 0 Å². The van der Waals surface area contributed by atoms with Gasteiger partial charge >= 0.3 is 0 Å². The van der Waals surface area contributed by atoms with Crippen molar-refractivity contribution in [2.24, 2.45) is 0 Å². The molecule has 200 valence electrons. The number of hydrogen-bond donors (Lipinski definition) is 1. The summed E-state index contributed by atoms with van der Waals surface area (Å²) in [6, 6.07) is 20.3. The van der Waals surface area contributed by atoms with Crippen molar-refractivity contribution >= 4 is 22.7 Å². The Kier molecular flexibility index (Phi) is 6.38. The summed E-state index contributed by atoms with van der Waals surface area (Å²) in [5.41, 5.74) is 4.73. The number of hydrogen-bond acceptors (Lipinski definition) is 5. The number of nitrogens with zero attached hydrogens (tertiary/aromatic N) is 2. The molecule has 0 radical (unpaired) electrons. The van der Waals surface area contributed by atoms with E-state index in [9.17, 15) is 9.59 Å². The number of aromatic nitrogens is 1. The van der Waals surface area contributed by atoms with E-state index >= 15 is 0 Å². The van der Waals surface area contributed by atoms with Gasteiger partial charge in [0.15, 0.2) is 11.5 Å². The molecule has 0 bridgehead atoms. The monoisotopic (exact) mass is 525 g/mol. The van der Waals surface area contributed by atoms with E-state index in [1.165, 1.54) is 0 Å². The smallest absolute Gasteiger partial charge is 0.246 e. The van der Waals surface area contributed by atoms with Gasteiger partial charge in [0.05, 0.1) is 20.8 Å². The normalized spacial score (nSPS) is 18.6. The largest absolute Gasteiger partial charge is 0.494 e. The molecule has 1 fully saturated rings. The second kappa shape index (κ2) is 10.0. The Morgan fingerprint density at radius 3 is 2.49 bits per heavy atom. The Morgan fingerprint density at radius 2 is 1.69 bits per heavy atom. The number of methoxy groups -OCH3 is 2. The fourth-order valence-corrected chi connectivity index (χ4v) is 5.97. The van der Waals surface area contributed by atoms with Crippen LogP contribution < -0.4 is 14.2 Å². The zero-order valence-electron chi connectivity index (χ0n) is 22.3. The van der Waals surface area contributed by atoms with Crippen LogP contribution in [0.4, 0.5) is 0 Å². The highest BCUT2D eigenvalue weighted by Gasteiger charge is 2.48. The van der Waals surface area contributed by atoms with Crippen LogP contribution >= 0.6 is 0 Å². The van der Waals surface area contributed by atoms with Gasteiger partial charge in [-0.2, -0.15) is 0 Å². The molecule has 0 saturated carbocycles. The number of piperazine rings is 1. The van der Waals surface area contributed by atoms with Crippen molar-refractivity contribution in [2.45, 2.75) is 32.0 Å². The molecule has 0 aliphatic carbocycles. The van der Waals surface area contributed by atoms with E-state index in [-0.39, 0.29) is 18.4 Å². The molecule has 1 N–H and O–H groups in total. The van der Waals surface area contributed by atoms with Crippen molar-refractivity contribution in [3.8, 4) is 17.2 Å². The van der Waals surface area contributed by atoms with E-state index in [0.717, 1.165) is 33.3 Å². The molecule has 0 unspecified atom stereocenters. The molecule has 2 amide bonds. The fraction of sp³-hybridized carbons (Fsp3) is 0.290. The van der Waals surface area contributed by atoms with E-state index < -0.39 is 12.1 Å². The van der Waals surface area contributed by atoms with Gasteiger partial charge in [-0.15, -0.1) is 0 Å². The Hall–Kier alpha value is -4.46. The zero-order chi connectivity index (χ0) is 27.1. The Balaban J connectivity index is 1.42. The lowest BCUT2D eigenvalue weighted by Crippen LogP contribution is -2.62. The third-order valence-corrected chi connectivity index (χ3v) is 7.68. The topological polar surface area (TPSA) is 84.1 Å². The zero-order valence-corrected chi connectivity index (χ0v) is 22.3. The van der Waals surface area contributed by atoms with Crippen molar-refractivity contribution in [1.82, 2.24) is 14.8 Å². The lowest BCUT2D eigenvalue weighted by molar-refractivity contribution is -0.159. The maximum Gasteiger partial charge on any atom is 0.246 e. The van der Waals surface area contributed by atoms with Crippen molar-refractivity contribution in [3.05, 3.63) is 89.1 Å². The first-order chi connectivity index (χ1) is 19.0. The summed E-state index contributed by atoms with van der Waals surface area (Å²) in [7, 11) is 3.16. The molecule has 1 saturated heterocycles. The first-order valence-corrected chi connectivity index (χ1v) is 13.2. The molecule has 2 atom stereocenters. The molecule has 4 aromatic rings. The minimum atomic E-state index is -0.627. The molecule has 0 spiro atoms. The summed E-state index contributed by atoms with van der Waals surface area (Å²) in [4.78, 5) is 35.0. The number of benzene rings is 3. The lowest BCUT2D eigenvalue weighted by Gasteiger charge is -2.47. The molecule has 8 heteroatoms. The molecule has 1 aromatic heterocycles. The summed E-state index contributed by atoms with van der Waals surface area (Å²) >= 11 is 0. The van der Waals surface area contributed by atoms with E-state index in [4.69, 9.17) is 14.2 Å². The van der Waals surface area contributed by atoms with E-state index in [2.05, 4.69) is 11.1 Å². The summed E-state index contributed by atoms with van der Waals surface area (Å²) in [6.07, 6.45) is 0.444. The summed E-state index contributed by atoms with van der Waals surface area (Å²) in [6.45, 7) is 2.73. The number of ether oxygens (including phenoxy) is 3. The van der Waals surface area contributed by atoms with E-state index in [1.54, 1.807) is 24.0 Å². The standard InChI is InChI=1S/C31H31N3O5/c1-4-39-25-12-8-6-10-21(25)30-29-22(20-9-5-7-11-23(20)32-29)16-24-31(36)33(18-28(35)34(24)30)17-19-13-14-26(37-2)27(15-19)38-3/h5-15,24,30,32H,4,16-18H2,1-3H3/t24-,30-/m0/s1. The van der Waals surface area contributed by atoms with Gasteiger partial charge in [0.1, 0.15) is 24.4 Å².